The molecule has 1 atom stereocenters. The Kier molecular flexibility index (Phi) is 6.31. The number of para-hydroxylation sites is 1. The van der Waals surface area contributed by atoms with E-state index in [2.05, 4.69) is 20.5 Å². The zero-order valence-electron chi connectivity index (χ0n) is 22.3. The molecule has 0 saturated carbocycles. The van der Waals surface area contributed by atoms with E-state index >= 15 is 0 Å². The molecule has 4 aromatic heterocycles. The molecule has 198 valence electrons. The Morgan fingerprint density at radius 2 is 1.88 bits per heavy atom. The van der Waals surface area contributed by atoms with Crippen molar-refractivity contribution in [2.75, 3.05) is 0 Å². The summed E-state index contributed by atoms with van der Waals surface area (Å²) in [5, 5.41) is 13.1. The van der Waals surface area contributed by atoms with Gasteiger partial charge in [-0.2, -0.15) is 10.2 Å². The molecule has 9 nitrogen and oxygen atoms in total. The number of hydrogen-bond acceptors (Lipinski definition) is 5. The minimum atomic E-state index is -0.502. The average molecular weight is 530 g/mol. The number of rotatable bonds is 6. The fourth-order valence-electron chi connectivity index (χ4n) is 5.03. The lowest BCUT2D eigenvalue weighted by Gasteiger charge is -2.21. The summed E-state index contributed by atoms with van der Waals surface area (Å²) in [7, 11) is 1.86. The molecule has 6 aromatic rings. The third-order valence-corrected chi connectivity index (χ3v) is 6.89. The number of carbonyl (C=O) groups excluding carboxylic acids is 1. The lowest BCUT2D eigenvalue weighted by molar-refractivity contribution is 0.0939. The molecule has 0 unspecified atom stereocenters. The molecular weight excluding hydrogens is 502 g/mol. The first kappa shape index (κ1) is 25.0. The highest BCUT2D eigenvalue weighted by Crippen LogP contribution is 2.25. The molecule has 1 amide bonds. The summed E-state index contributed by atoms with van der Waals surface area (Å²) in [4.78, 5) is 32.0. The normalized spacial score (nSPS) is 12.4. The fraction of sp³-hybridized carbons (Fsp3) is 0.129. The van der Waals surface area contributed by atoms with Crippen LogP contribution in [0.1, 0.15) is 45.8 Å². The summed E-state index contributed by atoms with van der Waals surface area (Å²) in [6, 6.07) is 18.5. The van der Waals surface area contributed by atoms with Crippen molar-refractivity contribution in [3.63, 3.8) is 0 Å². The Balaban J connectivity index is 1.46. The van der Waals surface area contributed by atoms with E-state index < -0.39 is 6.04 Å². The first-order valence-electron chi connectivity index (χ1n) is 12.9. The molecule has 0 aliphatic heterocycles. The number of aryl methyl sites for hydroxylation is 2. The van der Waals surface area contributed by atoms with Crippen LogP contribution in [-0.2, 0) is 7.05 Å². The van der Waals surface area contributed by atoms with E-state index in [9.17, 15) is 9.59 Å². The van der Waals surface area contributed by atoms with Gasteiger partial charge in [0.2, 0.25) is 0 Å². The van der Waals surface area contributed by atoms with Crippen molar-refractivity contribution in [3.8, 4) is 5.69 Å². The number of nitrogens with one attached hydrogen (secondary N) is 1. The largest absolute Gasteiger partial charge is 0.344 e. The Morgan fingerprint density at radius 3 is 2.65 bits per heavy atom. The van der Waals surface area contributed by atoms with E-state index in [4.69, 9.17) is 0 Å². The van der Waals surface area contributed by atoms with Gasteiger partial charge in [-0.05, 0) is 49.1 Å². The van der Waals surface area contributed by atoms with E-state index in [1.807, 2.05) is 86.9 Å². The molecular formula is C31H27N7O2. The fourth-order valence-corrected chi connectivity index (χ4v) is 5.03. The number of fused-ring (bicyclic) bond motifs is 2. The third kappa shape index (κ3) is 4.47. The Labute approximate surface area is 230 Å². The Morgan fingerprint density at radius 1 is 1.05 bits per heavy atom. The van der Waals surface area contributed by atoms with Crippen LogP contribution >= 0.6 is 0 Å². The Hall–Kier alpha value is -5.31. The smallest absolute Gasteiger partial charge is 0.263 e. The van der Waals surface area contributed by atoms with Gasteiger partial charge in [-0.3, -0.25) is 18.8 Å². The molecule has 0 aliphatic rings. The number of hydrogen-bond donors (Lipinski definition) is 1. The standard InChI is InChI=1S/C31H27N7O2/c1-20(34-30(39)27-21(2)35-37-16-8-15-32-29(27)37)26-17-24-10-7-9-23(14-13-22-18-33-36(3)19-22)28(24)31(40)38(26)25-11-5-4-6-12-25/h4-20H,1-3H3,(H,34,39)/b14-13-/t20-/m1/s1. The predicted octanol–water partition coefficient (Wildman–Crippen LogP) is 4.74. The summed E-state index contributed by atoms with van der Waals surface area (Å²) in [6.07, 6.45) is 10.9. The molecule has 0 bridgehead atoms. The molecule has 0 aliphatic carbocycles. The second-order valence-electron chi connectivity index (χ2n) is 9.68. The van der Waals surface area contributed by atoms with Gasteiger partial charge >= 0.3 is 0 Å². The lowest BCUT2D eigenvalue weighted by Crippen LogP contribution is -2.32. The number of nitrogens with zero attached hydrogens (tertiary/aromatic N) is 6. The number of amides is 1. The number of carbonyl (C=O) groups is 1. The van der Waals surface area contributed by atoms with E-state index in [1.54, 1.807) is 45.3 Å². The first-order chi connectivity index (χ1) is 19.4. The van der Waals surface area contributed by atoms with Gasteiger partial charge in [-0.25, -0.2) is 9.50 Å². The number of pyridine rings is 1. The topological polar surface area (TPSA) is 99.1 Å². The molecule has 9 heteroatoms. The van der Waals surface area contributed by atoms with Crippen LogP contribution in [0, 0.1) is 6.92 Å². The second-order valence-corrected chi connectivity index (χ2v) is 9.68. The summed E-state index contributed by atoms with van der Waals surface area (Å²) in [6.45, 7) is 3.66. The molecule has 0 saturated heterocycles. The minimum Gasteiger partial charge on any atom is -0.344 e. The number of benzene rings is 2. The quantitative estimate of drug-likeness (QED) is 0.336. The van der Waals surface area contributed by atoms with Gasteiger partial charge in [0.05, 0.1) is 23.3 Å². The number of aromatic nitrogens is 6. The van der Waals surface area contributed by atoms with E-state index in [1.165, 1.54) is 0 Å². The maximum atomic E-state index is 14.2. The van der Waals surface area contributed by atoms with Crippen LogP contribution in [0.5, 0.6) is 0 Å². The van der Waals surface area contributed by atoms with Crippen molar-refractivity contribution in [2.24, 2.45) is 7.05 Å². The van der Waals surface area contributed by atoms with Gasteiger partial charge in [-0.15, -0.1) is 0 Å². The molecule has 0 fully saturated rings. The van der Waals surface area contributed by atoms with E-state index in [0.29, 0.717) is 33.7 Å². The minimum absolute atomic E-state index is 0.167. The van der Waals surface area contributed by atoms with Crippen molar-refractivity contribution >= 4 is 34.5 Å². The molecule has 40 heavy (non-hydrogen) atoms. The highest BCUT2D eigenvalue weighted by atomic mass is 16.2. The van der Waals surface area contributed by atoms with Crippen molar-refractivity contribution < 1.29 is 4.79 Å². The van der Waals surface area contributed by atoms with Crippen molar-refractivity contribution in [1.29, 1.82) is 0 Å². The summed E-state index contributed by atoms with van der Waals surface area (Å²) < 4.78 is 5.00. The molecule has 2 aromatic carbocycles. The van der Waals surface area contributed by atoms with Crippen LogP contribution < -0.4 is 10.9 Å². The monoisotopic (exact) mass is 529 g/mol. The van der Waals surface area contributed by atoms with Crippen LogP contribution in [0.25, 0.3) is 34.3 Å². The van der Waals surface area contributed by atoms with Crippen molar-refractivity contribution in [1.82, 2.24) is 34.3 Å². The van der Waals surface area contributed by atoms with Crippen LogP contribution in [-0.4, -0.2) is 34.9 Å². The molecule has 6 rings (SSSR count). The maximum Gasteiger partial charge on any atom is 0.263 e. The maximum absolute atomic E-state index is 14.2. The van der Waals surface area contributed by atoms with Crippen LogP contribution in [0.2, 0.25) is 0 Å². The zero-order valence-corrected chi connectivity index (χ0v) is 22.3. The molecule has 0 radical (unpaired) electrons. The zero-order chi connectivity index (χ0) is 27.8. The van der Waals surface area contributed by atoms with E-state index in [0.717, 1.165) is 16.5 Å². The van der Waals surface area contributed by atoms with E-state index in [-0.39, 0.29) is 11.5 Å². The SMILES string of the molecule is Cc1nn2cccnc2c1C(=O)N[C@H](C)c1cc2cccc(/C=C\c3cnn(C)c3)c2c(=O)n1-c1ccccc1. The highest BCUT2D eigenvalue weighted by molar-refractivity contribution is 6.01. The molecule has 4 heterocycles. The van der Waals surface area contributed by atoms with Crippen LogP contribution in [0.4, 0.5) is 0 Å². The van der Waals surface area contributed by atoms with Gasteiger partial charge in [0.15, 0.2) is 5.65 Å². The summed E-state index contributed by atoms with van der Waals surface area (Å²) in [5.41, 5.74) is 4.41. The molecule has 0 spiro atoms. The van der Waals surface area contributed by atoms with Crippen molar-refractivity contribution in [3.05, 3.63) is 124 Å². The van der Waals surface area contributed by atoms with Gasteiger partial charge in [0.1, 0.15) is 5.56 Å². The lowest BCUT2D eigenvalue weighted by atomic mass is 10.0. The predicted molar refractivity (Wildman–Crippen MR) is 155 cm³/mol. The van der Waals surface area contributed by atoms with Gasteiger partial charge < -0.3 is 5.32 Å². The van der Waals surface area contributed by atoms with Crippen LogP contribution in [0.3, 0.4) is 0 Å². The summed E-state index contributed by atoms with van der Waals surface area (Å²) in [5.74, 6) is -0.306. The van der Waals surface area contributed by atoms with Crippen LogP contribution in [0.15, 0.2) is 90.2 Å². The third-order valence-electron chi connectivity index (χ3n) is 6.89. The van der Waals surface area contributed by atoms with Crippen molar-refractivity contribution in [2.45, 2.75) is 19.9 Å². The van der Waals surface area contributed by atoms with Gasteiger partial charge in [0, 0.05) is 42.6 Å². The molecule has 1 N–H and O–H groups in total. The van der Waals surface area contributed by atoms with Gasteiger partial charge in [0.25, 0.3) is 11.5 Å². The van der Waals surface area contributed by atoms with Gasteiger partial charge in [-0.1, -0.05) is 48.6 Å². The first-order valence-corrected chi connectivity index (χ1v) is 12.9. The Bertz CT molecular complexity index is 1970. The average Bonchev–Trinajstić information content (AvgIpc) is 3.53. The summed E-state index contributed by atoms with van der Waals surface area (Å²) >= 11 is 0. The highest BCUT2D eigenvalue weighted by Gasteiger charge is 2.23. The second kappa shape index (κ2) is 10.1.